The zero-order valence-electron chi connectivity index (χ0n) is 18.0. The lowest BCUT2D eigenvalue weighted by Gasteiger charge is -2.26. The van der Waals surface area contributed by atoms with Gasteiger partial charge >= 0.3 is 5.97 Å². The van der Waals surface area contributed by atoms with E-state index in [9.17, 15) is 18.0 Å². The van der Waals surface area contributed by atoms with E-state index in [2.05, 4.69) is 5.32 Å². The average Bonchev–Trinajstić information content (AvgIpc) is 2.83. The number of hydrogen-bond acceptors (Lipinski definition) is 8. The van der Waals surface area contributed by atoms with Crippen LogP contribution in [0.25, 0.3) is 0 Å². The summed E-state index contributed by atoms with van der Waals surface area (Å²) < 4.78 is 47.6. The Morgan fingerprint density at radius 3 is 2.52 bits per heavy atom. The van der Waals surface area contributed by atoms with E-state index in [0.29, 0.717) is 19.0 Å². The maximum Gasteiger partial charge on any atom is 0.342 e. The predicted octanol–water partition coefficient (Wildman–Crippen LogP) is 2.17. The minimum atomic E-state index is -3.78. The minimum absolute atomic E-state index is 0.0257. The molecule has 1 amide bonds. The van der Waals surface area contributed by atoms with Gasteiger partial charge in [0.1, 0.15) is 5.56 Å². The number of ether oxygens (including phenoxy) is 4. The molecule has 178 valence electrons. The van der Waals surface area contributed by atoms with Gasteiger partial charge in [0.2, 0.25) is 10.0 Å². The number of rotatable bonds is 8. The molecule has 3 rings (SSSR count). The van der Waals surface area contributed by atoms with Crippen LogP contribution in [0, 0.1) is 0 Å². The Balaban J connectivity index is 1.68. The standard InChI is InChI=1S/C21H23ClN2O8S/c1-29-18-5-3-4-15(20(18)30-2)21(26)32-13-19(25)23-17-12-14(6-7-16(17)22)33(27,28)24-8-10-31-11-9-24/h3-7,12H,8-11,13H2,1-2H3,(H,23,25). The number of anilines is 1. The Labute approximate surface area is 196 Å². The molecule has 0 aromatic heterocycles. The zero-order valence-corrected chi connectivity index (χ0v) is 19.6. The summed E-state index contributed by atoms with van der Waals surface area (Å²) in [5.74, 6) is -0.986. The van der Waals surface area contributed by atoms with Gasteiger partial charge in [-0.05, 0) is 30.3 Å². The summed E-state index contributed by atoms with van der Waals surface area (Å²) in [6, 6.07) is 8.66. The van der Waals surface area contributed by atoms with E-state index in [1.807, 2.05) is 0 Å². The van der Waals surface area contributed by atoms with Gasteiger partial charge in [-0.3, -0.25) is 4.79 Å². The maximum atomic E-state index is 12.8. The number of para-hydroxylation sites is 1. The Hall–Kier alpha value is -2.86. The molecule has 2 aromatic rings. The monoisotopic (exact) mass is 498 g/mol. The van der Waals surface area contributed by atoms with E-state index in [0.717, 1.165) is 0 Å². The van der Waals surface area contributed by atoms with Crippen LogP contribution in [0.5, 0.6) is 11.5 Å². The molecule has 10 nitrogen and oxygen atoms in total. The van der Waals surface area contributed by atoms with E-state index >= 15 is 0 Å². The Bertz CT molecular complexity index is 1130. The number of benzene rings is 2. The highest BCUT2D eigenvalue weighted by molar-refractivity contribution is 7.89. The number of halogens is 1. The van der Waals surface area contributed by atoms with Crippen molar-refractivity contribution in [3.05, 3.63) is 47.0 Å². The second-order valence-corrected chi connectivity index (χ2v) is 9.17. The first-order valence-corrected chi connectivity index (χ1v) is 11.6. The molecule has 1 aliphatic heterocycles. The number of methoxy groups -OCH3 is 2. The lowest BCUT2D eigenvalue weighted by molar-refractivity contribution is -0.119. The highest BCUT2D eigenvalue weighted by Crippen LogP contribution is 2.31. The third-order valence-electron chi connectivity index (χ3n) is 4.78. The molecule has 0 aliphatic carbocycles. The number of hydrogen-bond donors (Lipinski definition) is 1. The smallest absolute Gasteiger partial charge is 0.342 e. The fourth-order valence-corrected chi connectivity index (χ4v) is 4.74. The quantitative estimate of drug-likeness (QED) is 0.550. The summed E-state index contributed by atoms with van der Waals surface area (Å²) >= 11 is 6.13. The summed E-state index contributed by atoms with van der Waals surface area (Å²) in [5.41, 5.74) is 0.160. The van der Waals surface area contributed by atoms with Crippen molar-refractivity contribution in [1.29, 1.82) is 0 Å². The van der Waals surface area contributed by atoms with Crippen LogP contribution in [0.2, 0.25) is 5.02 Å². The van der Waals surface area contributed by atoms with Crippen molar-refractivity contribution in [2.24, 2.45) is 0 Å². The van der Waals surface area contributed by atoms with Crippen LogP contribution in [0.1, 0.15) is 10.4 Å². The second-order valence-electron chi connectivity index (χ2n) is 6.82. The zero-order chi connectivity index (χ0) is 24.0. The molecule has 0 radical (unpaired) electrons. The highest BCUT2D eigenvalue weighted by Gasteiger charge is 2.27. The van der Waals surface area contributed by atoms with Gasteiger partial charge in [-0.25, -0.2) is 13.2 Å². The Morgan fingerprint density at radius 2 is 1.85 bits per heavy atom. The van der Waals surface area contributed by atoms with Crippen molar-refractivity contribution in [3.8, 4) is 11.5 Å². The van der Waals surface area contributed by atoms with E-state index in [1.165, 1.54) is 42.8 Å². The van der Waals surface area contributed by atoms with E-state index in [4.69, 9.17) is 30.5 Å². The van der Waals surface area contributed by atoms with Crippen molar-refractivity contribution in [1.82, 2.24) is 4.31 Å². The molecule has 1 heterocycles. The van der Waals surface area contributed by atoms with Crippen LogP contribution >= 0.6 is 11.6 Å². The lowest BCUT2D eigenvalue weighted by Crippen LogP contribution is -2.40. The maximum absolute atomic E-state index is 12.8. The van der Waals surface area contributed by atoms with Crippen LogP contribution in [0.3, 0.4) is 0 Å². The van der Waals surface area contributed by atoms with Crippen molar-refractivity contribution in [2.45, 2.75) is 4.90 Å². The summed E-state index contributed by atoms with van der Waals surface area (Å²) in [6.45, 7) is 0.447. The largest absolute Gasteiger partial charge is 0.493 e. The average molecular weight is 499 g/mol. The van der Waals surface area contributed by atoms with Gasteiger partial charge in [-0.15, -0.1) is 0 Å². The summed E-state index contributed by atoms with van der Waals surface area (Å²) in [6.07, 6.45) is 0. The number of carbonyl (C=O) groups excluding carboxylic acids is 2. The third-order valence-corrected chi connectivity index (χ3v) is 7.00. The van der Waals surface area contributed by atoms with Gasteiger partial charge in [-0.2, -0.15) is 4.31 Å². The third kappa shape index (κ3) is 5.74. The van der Waals surface area contributed by atoms with Crippen LogP contribution in [-0.2, 0) is 24.3 Å². The van der Waals surface area contributed by atoms with Gasteiger partial charge in [-0.1, -0.05) is 17.7 Å². The molecule has 0 unspecified atom stereocenters. The first-order valence-electron chi connectivity index (χ1n) is 9.83. The molecule has 12 heteroatoms. The number of carbonyl (C=O) groups is 2. The lowest BCUT2D eigenvalue weighted by atomic mass is 10.2. The van der Waals surface area contributed by atoms with Crippen LogP contribution in [0.15, 0.2) is 41.3 Å². The van der Waals surface area contributed by atoms with Crippen LogP contribution < -0.4 is 14.8 Å². The normalized spacial score (nSPS) is 14.4. The van der Waals surface area contributed by atoms with Crippen molar-refractivity contribution >= 4 is 39.2 Å². The molecular weight excluding hydrogens is 476 g/mol. The summed E-state index contributed by atoms with van der Waals surface area (Å²) in [5, 5.41) is 2.60. The topological polar surface area (TPSA) is 120 Å². The number of morpholine rings is 1. The molecule has 33 heavy (non-hydrogen) atoms. The second kappa shape index (κ2) is 10.8. The number of nitrogens with one attached hydrogen (secondary N) is 1. The molecule has 1 saturated heterocycles. The van der Waals surface area contributed by atoms with Crippen LogP contribution in [-0.4, -0.2) is 71.7 Å². The number of sulfonamides is 1. The first-order chi connectivity index (χ1) is 15.8. The predicted molar refractivity (Wildman–Crippen MR) is 119 cm³/mol. The molecule has 0 spiro atoms. The molecule has 1 fully saturated rings. The highest BCUT2D eigenvalue weighted by atomic mass is 35.5. The molecule has 1 N–H and O–H groups in total. The van der Waals surface area contributed by atoms with Crippen molar-refractivity contribution in [3.63, 3.8) is 0 Å². The molecule has 1 aliphatic rings. The fourth-order valence-electron chi connectivity index (χ4n) is 3.14. The van der Waals surface area contributed by atoms with E-state index in [-0.39, 0.29) is 40.0 Å². The fraction of sp³-hybridized carbons (Fsp3) is 0.333. The summed E-state index contributed by atoms with van der Waals surface area (Å²) in [4.78, 5) is 24.8. The molecule has 0 bridgehead atoms. The summed E-state index contributed by atoms with van der Waals surface area (Å²) in [7, 11) is -0.977. The van der Waals surface area contributed by atoms with Gasteiger partial charge < -0.3 is 24.3 Å². The molecule has 2 aromatic carbocycles. The van der Waals surface area contributed by atoms with E-state index < -0.39 is 28.5 Å². The molecular formula is C21H23ClN2O8S. The van der Waals surface area contributed by atoms with Crippen LogP contribution in [0.4, 0.5) is 5.69 Å². The van der Waals surface area contributed by atoms with Gasteiger partial charge in [0, 0.05) is 13.1 Å². The SMILES string of the molecule is COc1cccc(C(=O)OCC(=O)Nc2cc(S(=O)(=O)N3CCOCC3)ccc2Cl)c1OC. The number of amides is 1. The van der Waals surface area contributed by atoms with Crippen molar-refractivity contribution < 1.29 is 37.0 Å². The number of nitrogens with zero attached hydrogens (tertiary/aromatic N) is 1. The first kappa shape index (κ1) is 24.8. The Kier molecular flexibility index (Phi) is 8.14. The van der Waals surface area contributed by atoms with E-state index in [1.54, 1.807) is 12.1 Å². The molecule has 0 atom stereocenters. The van der Waals surface area contributed by atoms with Gasteiger partial charge in [0.05, 0.1) is 43.0 Å². The minimum Gasteiger partial charge on any atom is -0.493 e. The van der Waals surface area contributed by atoms with Gasteiger partial charge in [0.25, 0.3) is 5.91 Å². The number of esters is 1. The Morgan fingerprint density at radius 1 is 1.12 bits per heavy atom. The molecule has 0 saturated carbocycles. The van der Waals surface area contributed by atoms with Crippen molar-refractivity contribution in [2.75, 3.05) is 52.4 Å². The van der Waals surface area contributed by atoms with Gasteiger partial charge in [0.15, 0.2) is 18.1 Å².